The Kier molecular flexibility index (Phi) is 4.07. The highest BCUT2D eigenvalue weighted by atomic mass is 79.9. The zero-order valence-electron chi connectivity index (χ0n) is 12.4. The Bertz CT molecular complexity index is 759. The molecule has 2 N–H and O–H groups in total. The van der Waals surface area contributed by atoms with Crippen LogP contribution < -0.4 is 10.6 Å². The number of halogens is 2. The van der Waals surface area contributed by atoms with Crippen LogP contribution >= 0.6 is 27.7 Å². The Morgan fingerprint density at radius 1 is 1.26 bits per heavy atom. The predicted molar refractivity (Wildman–Crippen MR) is 93.6 cm³/mol. The van der Waals surface area contributed by atoms with Gasteiger partial charge in [-0.05, 0) is 52.2 Å². The van der Waals surface area contributed by atoms with Crippen LogP contribution in [0.3, 0.4) is 0 Å². The minimum atomic E-state index is -0.279. The van der Waals surface area contributed by atoms with E-state index in [2.05, 4.69) is 26.6 Å². The van der Waals surface area contributed by atoms with Crippen molar-refractivity contribution in [1.29, 1.82) is 0 Å². The van der Waals surface area contributed by atoms with Crippen LogP contribution in [0.5, 0.6) is 0 Å². The molecule has 1 aromatic rings. The molecule has 0 bridgehead atoms. The van der Waals surface area contributed by atoms with Gasteiger partial charge in [-0.3, -0.25) is 4.79 Å². The molecule has 1 atom stereocenters. The molecule has 4 rings (SSSR count). The fourth-order valence-electron chi connectivity index (χ4n) is 3.45. The van der Waals surface area contributed by atoms with Crippen molar-refractivity contribution in [3.63, 3.8) is 0 Å². The first-order valence-electron chi connectivity index (χ1n) is 7.70. The monoisotopic (exact) mass is 394 g/mol. The van der Waals surface area contributed by atoms with Crippen molar-refractivity contribution in [2.45, 2.75) is 18.8 Å². The van der Waals surface area contributed by atoms with Gasteiger partial charge in [0.1, 0.15) is 5.82 Å². The summed E-state index contributed by atoms with van der Waals surface area (Å²) in [5, 5.41) is 6.64. The summed E-state index contributed by atoms with van der Waals surface area (Å²) < 4.78 is 14.1. The van der Waals surface area contributed by atoms with Crippen LogP contribution in [-0.2, 0) is 4.79 Å². The van der Waals surface area contributed by atoms with E-state index in [9.17, 15) is 9.18 Å². The van der Waals surface area contributed by atoms with Gasteiger partial charge in [-0.2, -0.15) is 0 Å². The van der Waals surface area contributed by atoms with Crippen LogP contribution in [0.4, 0.5) is 4.39 Å². The normalized spacial score (nSPS) is 24.3. The van der Waals surface area contributed by atoms with E-state index in [-0.39, 0.29) is 17.5 Å². The molecule has 3 aliphatic heterocycles. The first-order chi connectivity index (χ1) is 11.1. The van der Waals surface area contributed by atoms with E-state index >= 15 is 0 Å². The number of carbonyl (C=O) groups excluding carboxylic acids is 1. The van der Waals surface area contributed by atoms with E-state index in [1.165, 1.54) is 16.7 Å². The number of rotatable bonds is 1. The quantitative estimate of drug-likeness (QED) is 0.765. The van der Waals surface area contributed by atoms with Gasteiger partial charge in [0.15, 0.2) is 5.78 Å². The summed E-state index contributed by atoms with van der Waals surface area (Å²) >= 11 is 5.10. The Morgan fingerprint density at radius 2 is 2.13 bits per heavy atom. The van der Waals surface area contributed by atoms with Crippen molar-refractivity contribution in [2.75, 3.05) is 18.8 Å². The second-order valence-corrected chi connectivity index (χ2v) is 7.94. The third kappa shape index (κ3) is 2.66. The Balaban J connectivity index is 1.87. The molecule has 0 fully saturated rings. The number of hydrogen-bond donors (Lipinski definition) is 2. The van der Waals surface area contributed by atoms with E-state index in [4.69, 9.17) is 0 Å². The van der Waals surface area contributed by atoms with Crippen molar-refractivity contribution >= 4 is 33.5 Å². The summed E-state index contributed by atoms with van der Waals surface area (Å²) in [5.74, 6) is 0.841. The van der Waals surface area contributed by atoms with Gasteiger partial charge in [-0.25, -0.2) is 4.39 Å². The molecule has 1 unspecified atom stereocenters. The molecule has 3 aliphatic rings. The lowest BCUT2D eigenvalue weighted by atomic mass is 9.82. The zero-order valence-corrected chi connectivity index (χ0v) is 14.8. The molecular formula is C17H16BrFN2OS. The second kappa shape index (κ2) is 6.07. The smallest absolute Gasteiger partial charge is 0.175 e. The van der Waals surface area contributed by atoms with E-state index < -0.39 is 0 Å². The highest BCUT2D eigenvalue weighted by Gasteiger charge is 2.37. The van der Waals surface area contributed by atoms with Crippen LogP contribution in [0, 0.1) is 5.82 Å². The van der Waals surface area contributed by atoms with Crippen molar-refractivity contribution in [2.24, 2.45) is 0 Å². The Morgan fingerprint density at radius 3 is 2.96 bits per heavy atom. The molecule has 3 nitrogen and oxygen atoms in total. The van der Waals surface area contributed by atoms with Crippen LogP contribution in [0.15, 0.2) is 44.5 Å². The summed E-state index contributed by atoms with van der Waals surface area (Å²) in [6.07, 6.45) is 2.15. The highest BCUT2D eigenvalue weighted by molar-refractivity contribution is 9.10. The van der Waals surface area contributed by atoms with Gasteiger partial charge in [-0.1, -0.05) is 6.07 Å². The number of allylic oxidation sites excluding steroid dienone is 2. The Labute approximate surface area is 146 Å². The van der Waals surface area contributed by atoms with Gasteiger partial charge in [0.05, 0.1) is 11.0 Å². The van der Waals surface area contributed by atoms with Crippen molar-refractivity contribution in [3.8, 4) is 0 Å². The van der Waals surface area contributed by atoms with Crippen LogP contribution in [-0.4, -0.2) is 24.6 Å². The average Bonchev–Trinajstić information content (AvgIpc) is 2.56. The fraction of sp³-hybridized carbons (Fsp3) is 0.353. The first kappa shape index (κ1) is 15.4. The van der Waals surface area contributed by atoms with Gasteiger partial charge in [0, 0.05) is 34.3 Å². The number of carbonyl (C=O) groups is 1. The zero-order chi connectivity index (χ0) is 16.0. The van der Waals surface area contributed by atoms with Gasteiger partial charge < -0.3 is 10.6 Å². The van der Waals surface area contributed by atoms with Gasteiger partial charge in [0.2, 0.25) is 0 Å². The molecule has 3 heterocycles. The molecule has 6 heteroatoms. The van der Waals surface area contributed by atoms with Crippen LogP contribution in [0.2, 0.25) is 0 Å². The number of dihydropyridines is 1. The largest absolute Gasteiger partial charge is 0.360 e. The summed E-state index contributed by atoms with van der Waals surface area (Å²) in [7, 11) is 0. The maximum absolute atomic E-state index is 13.6. The molecule has 0 saturated carbocycles. The number of hydrogen-bond acceptors (Lipinski definition) is 4. The van der Waals surface area contributed by atoms with E-state index in [1.807, 2.05) is 17.8 Å². The molecule has 0 amide bonds. The van der Waals surface area contributed by atoms with E-state index in [0.717, 1.165) is 35.4 Å². The summed E-state index contributed by atoms with van der Waals surface area (Å²) in [6.45, 7) is 1.05. The number of thioether (sulfide) groups is 1. The number of ketones is 1. The lowest BCUT2D eigenvalue weighted by molar-refractivity contribution is -0.115. The molecule has 1 aromatic carbocycles. The minimum Gasteiger partial charge on any atom is -0.360 e. The predicted octanol–water partition coefficient (Wildman–Crippen LogP) is 3.44. The highest BCUT2D eigenvalue weighted by Crippen LogP contribution is 2.47. The first-order valence-corrected chi connectivity index (χ1v) is 9.48. The molecule has 23 heavy (non-hydrogen) atoms. The van der Waals surface area contributed by atoms with Gasteiger partial charge in [0.25, 0.3) is 0 Å². The lowest BCUT2D eigenvalue weighted by Crippen LogP contribution is -2.42. The third-order valence-corrected chi connectivity index (χ3v) is 6.36. The van der Waals surface area contributed by atoms with Crippen molar-refractivity contribution < 1.29 is 9.18 Å². The molecule has 0 spiro atoms. The summed E-state index contributed by atoms with van der Waals surface area (Å²) in [6, 6.07) is 5.09. The summed E-state index contributed by atoms with van der Waals surface area (Å²) in [4.78, 5) is 13.8. The number of Topliss-reactive ketones (excluding diaryl/α,β-unsaturated/α-hetero) is 1. The Hall–Kier alpha value is -1.11. The molecule has 0 radical (unpaired) electrons. The van der Waals surface area contributed by atoms with Crippen LogP contribution in [0.25, 0.3) is 0 Å². The maximum atomic E-state index is 13.6. The minimum absolute atomic E-state index is 0.0713. The number of benzene rings is 1. The topological polar surface area (TPSA) is 41.1 Å². The van der Waals surface area contributed by atoms with Gasteiger partial charge >= 0.3 is 0 Å². The lowest BCUT2D eigenvalue weighted by Gasteiger charge is -2.37. The molecule has 0 aromatic heterocycles. The van der Waals surface area contributed by atoms with E-state index in [0.29, 0.717) is 17.6 Å². The molecule has 120 valence electrons. The molecule has 0 aliphatic carbocycles. The van der Waals surface area contributed by atoms with Crippen molar-refractivity contribution in [1.82, 2.24) is 10.6 Å². The van der Waals surface area contributed by atoms with Gasteiger partial charge in [-0.15, -0.1) is 11.8 Å². The van der Waals surface area contributed by atoms with Crippen LogP contribution in [0.1, 0.15) is 24.3 Å². The molecular weight excluding hydrogens is 379 g/mol. The average molecular weight is 395 g/mol. The van der Waals surface area contributed by atoms with E-state index in [1.54, 1.807) is 6.07 Å². The maximum Gasteiger partial charge on any atom is 0.175 e. The van der Waals surface area contributed by atoms with Crippen molar-refractivity contribution in [3.05, 3.63) is 55.9 Å². The molecule has 0 saturated heterocycles. The third-order valence-electron chi connectivity index (χ3n) is 4.47. The summed E-state index contributed by atoms with van der Waals surface area (Å²) in [5.41, 5.74) is 4.02. The second-order valence-electron chi connectivity index (χ2n) is 5.95. The fourth-order valence-corrected chi connectivity index (χ4v) is 5.11. The standard InChI is InChI=1S/C17H16BrFN2OS/c18-10-6-9(3-4-11(10)19)15-16-13(7-20-8-14(16)22)21-12-2-1-5-23-17(12)15/h3-4,6,15,20-21H,1-2,5,7-8H2. The SMILES string of the molecule is O=C1CNCC2=C1C(c1ccc(F)c(Br)c1)C1=C(CCCS1)N2. The number of nitrogens with one attached hydrogen (secondary N) is 2.